The average Bonchev–Trinajstić information content (AvgIpc) is 3.34. The molecule has 3 N–H and O–H groups in total. The standard InChI is InChI=1S/C23H25N5O4S/c1-11-7-12(2)25-16(8-11)32-20-18(33-22(27-20)23(3,4)31)14-10-28(6)21(30)17-13(14)9-15(26-17)19(29)24-5/h7-10,26,31H,1-6H3,(H,24,29). The van der Waals surface area contributed by atoms with Gasteiger partial charge in [0, 0.05) is 43.0 Å². The van der Waals surface area contributed by atoms with Crippen molar-refractivity contribution >= 4 is 28.1 Å². The molecule has 0 fully saturated rings. The minimum Gasteiger partial charge on any atom is -0.419 e. The van der Waals surface area contributed by atoms with Crippen LogP contribution in [0.25, 0.3) is 21.3 Å². The van der Waals surface area contributed by atoms with E-state index in [4.69, 9.17) is 4.74 Å². The zero-order valence-electron chi connectivity index (χ0n) is 19.2. The van der Waals surface area contributed by atoms with E-state index in [9.17, 15) is 14.7 Å². The number of amides is 1. The number of aromatic amines is 1. The van der Waals surface area contributed by atoms with Crippen LogP contribution in [0.4, 0.5) is 0 Å². The molecule has 0 aliphatic heterocycles. The summed E-state index contributed by atoms with van der Waals surface area (Å²) in [6.07, 6.45) is 1.68. The number of aryl methyl sites for hydroxylation is 3. The van der Waals surface area contributed by atoms with Gasteiger partial charge in [0.1, 0.15) is 26.7 Å². The van der Waals surface area contributed by atoms with Gasteiger partial charge in [0.2, 0.25) is 11.8 Å². The molecule has 0 spiro atoms. The number of hydrogen-bond acceptors (Lipinski definition) is 7. The molecule has 4 rings (SSSR count). The number of carbonyl (C=O) groups excluding carboxylic acids is 1. The van der Waals surface area contributed by atoms with Gasteiger partial charge in [0.05, 0.1) is 0 Å². The van der Waals surface area contributed by atoms with Crippen molar-refractivity contribution in [3.8, 4) is 22.2 Å². The predicted octanol–water partition coefficient (Wildman–Crippen LogP) is 3.38. The molecule has 0 saturated heterocycles. The van der Waals surface area contributed by atoms with E-state index in [1.165, 1.54) is 23.0 Å². The van der Waals surface area contributed by atoms with Gasteiger partial charge in [-0.25, -0.2) is 9.97 Å². The van der Waals surface area contributed by atoms with Crippen LogP contribution in [0, 0.1) is 13.8 Å². The molecule has 33 heavy (non-hydrogen) atoms. The van der Waals surface area contributed by atoms with Gasteiger partial charge in [0.15, 0.2) is 0 Å². The number of aromatic nitrogens is 4. The Morgan fingerprint density at radius 1 is 1.24 bits per heavy atom. The van der Waals surface area contributed by atoms with E-state index in [2.05, 4.69) is 20.3 Å². The van der Waals surface area contributed by atoms with E-state index in [1.54, 1.807) is 39.2 Å². The lowest BCUT2D eigenvalue weighted by Gasteiger charge is -2.12. The fourth-order valence-corrected chi connectivity index (χ4v) is 4.55. The van der Waals surface area contributed by atoms with Gasteiger partial charge in [-0.05, 0) is 45.4 Å². The first-order valence-electron chi connectivity index (χ1n) is 10.3. The van der Waals surface area contributed by atoms with Crippen LogP contribution in [0.5, 0.6) is 11.8 Å². The molecule has 9 nitrogen and oxygen atoms in total. The van der Waals surface area contributed by atoms with Crippen LogP contribution in [-0.4, -0.2) is 37.6 Å². The lowest BCUT2D eigenvalue weighted by atomic mass is 10.1. The van der Waals surface area contributed by atoms with Crippen molar-refractivity contribution in [3.63, 3.8) is 0 Å². The summed E-state index contributed by atoms with van der Waals surface area (Å²) in [7, 11) is 3.16. The number of nitrogens with zero attached hydrogens (tertiary/aromatic N) is 3. The van der Waals surface area contributed by atoms with Crippen LogP contribution in [0.2, 0.25) is 0 Å². The summed E-state index contributed by atoms with van der Waals surface area (Å²) >= 11 is 1.26. The van der Waals surface area contributed by atoms with Crippen LogP contribution < -0.4 is 15.6 Å². The molecule has 0 radical (unpaired) electrons. The van der Waals surface area contributed by atoms with Crippen molar-refractivity contribution in [2.75, 3.05) is 7.05 Å². The Bertz CT molecular complexity index is 1420. The fourth-order valence-electron chi connectivity index (χ4n) is 3.53. The van der Waals surface area contributed by atoms with Gasteiger partial charge in [0.25, 0.3) is 11.5 Å². The topological polar surface area (TPSA) is 122 Å². The largest absolute Gasteiger partial charge is 0.419 e. The summed E-state index contributed by atoms with van der Waals surface area (Å²) in [6, 6.07) is 5.37. The highest BCUT2D eigenvalue weighted by molar-refractivity contribution is 7.15. The lowest BCUT2D eigenvalue weighted by Crippen LogP contribution is -2.19. The van der Waals surface area contributed by atoms with Crippen molar-refractivity contribution in [2.24, 2.45) is 7.05 Å². The van der Waals surface area contributed by atoms with Crippen molar-refractivity contribution < 1.29 is 14.6 Å². The number of nitrogens with one attached hydrogen (secondary N) is 2. The van der Waals surface area contributed by atoms with Crippen molar-refractivity contribution in [3.05, 3.63) is 56.7 Å². The second-order valence-corrected chi connectivity index (χ2v) is 9.45. The van der Waals surface area contributed by atoms with E-state index < -0.39 is 5.60 Å². The Labute approximate surface area is 194 Å². The molecule has 0 aliphatic rings. The Kier molecular flexibility index (Phi) is 5.59. The molecule has 10 heteroatoms. The van der Waals surface area contributed by atoms with E-state index in [0.29, 0.717) is 32.2 Å². The number of thiazole rings is 1. The second kappa shape index (κ2) is 8.13. The molecule has 0 saturated carbocycles. The molecule has 4 heterocycles. The monoisotopic (exact) mass is 467 g/mol. The number of H-pyrrole nitrogens is 1. The molecule has 0 bridgehead atoms. The maximum absolute atomic E-state index is 12.8. The average molecular weight is 468 g/mol. The van der Waals surface area contributed by atoms with E-state index in [1.807, 2.05) is 19.9 Å². The van der Waals surface area contributed by atoms with Gasteiger partial charge in [-0.3, -0.25) is 9.59 Å². The van der Waals surface area contributed by atoms with Crippen LogP contribution >= 0.6 is 11.3 Å². The highest BCUT2D eigenvalue weighted by atomic mass is 32.1. The first-order valence-corrected chi connectivity index (χ1v) is 11.1. The van der Waals surface area contributed by atoms with Crippen molar-refractivity contribution in [2.45, 2.75) is 33.3 Å². The number of aliphatic hydroxyl groups is 1. The molecule has 1 amide bonds. The molecular formula is C23H25N5O4S. The smallest absolute Gasteiger partial charge is 0.274 e. The predicted molar refractivity (Wildman–Crippen MR) is 127 cm³/mol. The zero-order chi connectivity index (χ0) is 24.1. The summed E-state index contributed by atoms with van der Waals surface area (Å²) < 4.78 is 7.53. The van der Waals surface area contributed by atoms with E-state index in [-0.39, 0.29) is 23.0 Å². The third-order valence-electron chi connectivity index (χ3n) is 5.08. The van der Waals surface area contributed by atoms with Gasteiger partial charge < -0.3 is 24.7 Å². The lowest BCUT2D eigenvalue weighted by molar-refractivity contribution is 0.0778. The van der Waals surface area contributed by atoms with Gasteiger partial charge in [-0.1, -0.05) is 0 Å². The summed E-state index contributed by atoms with van der Waals surface area (Å²) in [4.78, 5) is 37.5. The minimum absolute atomic E-state index is 0.261. The van der Waals surface area contributed by atoms with Crippen molar-refractivity contribution in [1.29, 1.82) is 0 Å². The Morgan fingerprint density at radius 3 is 2.61 bits per heavy atom. The summed E-state index contributed by atoms with van der Waals surface area (Å²) in [6.45, 7) is 7.11. The third-order valence-corrected chi connectivity index (χ3v) is 6.46. The minimum atomic E-state index is -1.21. The number of fused-ring (bicyclic) bond motifs is 1. The third kappa shape index (κ3) is 4.27. The summed E-state index contributed by atoms with van der Waals surface area (Å²) in [5.41, 5.74) is 1.52. The van der Waals surface area contributed by atoms with Crippen LogP contribution in [0.15, 0.2) is 29.2 Å². The van der Waals surface area contributed by atoms with E-state index >= 15 is 0 Å². The quantitative estimate of drug-likeness (QED) is 0.414. The van der Waals surface area contributed by atoms with Gasteiger partial charge in [-0.2, -0.15) is 0 Å². The number of rotatable bonds is 5. The fraction of sp³-hybridized carbons (Fsp3) is 0.304. The van der Waals surface area contributed by atoms with Crippen LogP contribution in [0.1, 0.15) is 40.6 Å². The van der Waals surface area contributed by atoms with Crippen LogP contribution in [0.3, 0.4) is 0 Å². The molecule has 4 aromatic rings. The molecule has 4 aromatic heterocycles. The maximum Gasteiger partial charge on any atom is 0.274 e. The summed E-state index contributed by atoms with van der Waals surface area (Å²) in [5, 5.41) is 14.2. The first kappa shape index (κ1) is 22.7. The zero-order valence-corrected chi connectivity index (χ0v) is 20.0. The Morgan fingerprint density at radius 2 is 1.97 bits per heavy atom. The highest BCUT2D eigenvalue weighted by Gasteiger charge is 2.27. The molecule has 172 valence electrons. The highest BCUT2D eigenvalue weighted by Crippen LogP contribution is 2.43. The van der Waals surface area contributed by atoms with E-state index in [0.717, 1.165) is 11.3 Å². The molecule has 0 aliphatic carbocycles. The summed E-state index contributed by atoms with van der Waals surface area (Å²) in [5.74, 6) is 0.302. The maximum atomic E-state index is 12.8. The molecule has 0 aromatic carbocycles. The van der Waals surface area contributed by atoms with Crippen LogP contribution in [-0.2, 0) is 12.6 Å². The van der Waals surface area contributed by atoms with Gasteiger partial charge in [-0.15, -0.1) is 11.3 Å². The first-order chi connectivity index (χ1) is 15.5. The Balaban J connectivity index is 1.97. The SMILES string of the molecule is CNC(=O)c1cc2c(-c3sc(C(C)(C)O)nc3Oc3cc(C)cc(C)n3)cn(C)c(=O)c2[nH]1. The molecule has 0 unspecified atom stereocenters. The Hall–Kier alpha value is -3.50. The normalized spacial score (nSPS) is 11.7. The van der Waals surface area contributed by atoms with Gasteiger partial charge >= 0.3 is 0 Å². The number of carbonyl (C=O) groups is 1. The van der Waals surface area contributed by atoms with Crippen molar-refractivity contribution in [1.82, 2.24) is 24.8 Å². The molecule has 0 atom stereocenters. The second-order valence-electron chi connectivity index (χ2n) is 8.45. The number of pyridine rings is 2. The number of ether oxygens (including phenoxy) is 1. The number of hydrogen-bond donors (Lipinski definition) is 3. The molecular weight excluding hydrogens is 442 g/mol.